The molecule has 0 aromatic carbocycles. The molecule has 0 spiro atoms. The fourth-order valence-corrected chi connectivity index (χ4v) is 3.67. The van der Waals surface area contributed by atoms with E-state index in [-0.39, 0.29) is 0 Å². The van der Waals surface area contributed by atoms with E-state index in [1.54, 1.807) is 11.3 Å². The molecule has 1 aromatic heterocycles. The van der Waals surface area contributed by atoms with E-state index in [1.165, 1.54) is 25.9 Å². The van der Waals surface area contributed by atoms with Crippen LogP contribution in [0.4, 0.5) is 0 Å². The van der Waals surface area contributed by atoms with Gasteiger partial charge >= 0.3 is 0 Å². The third-order valence-corrected chi connectivity index (χ3v) is 4.73. The highest BCUT2D eigenvalue weighted by Crippen LogP contribution is 2.34. The van der Waals surface area contributed by atoms with Gasteiger partial charge in [-0.2, -0.15) is 0 Å². The average Bonchev–Trinajstić information content (AvgIpc) is 2.85. The fraction of sp³-hybridized carbons (Fsp3) is 0.786. The largest absolute Gasteiger partial charge is 0.385 e. The molecule has 0 amide bonds. The molecule has 1 fully saturated rings. The van der Waals surface area contributed by atoms with Crippen LogP contribution in [0.5, 0.6) is 0 Å². The molecule has 0 aliphatic carbocycles. The van der Waals surface area contributed by atoms with E-state index in [4.69, 9.17) is 4.98 Å². The number of rotatable bonds is 4. The maximum atomic E-state index is 10.2. The van der Waals surface area contributed by atoms with Crippen LogP contribution in [-0.2, 0) is 12.1 Å². The molecule has 0 atom stereocenters. The molecule has 0 unspecified atom stereocenters. The Bertz CT molecular complexity index is 400. The second-order valence-corrected chi connectivity index (χ2v) is 7.10. The van der Waals surface area contributed by atoms with E-state index < -0.39 is 5.60 Å². The van der Waals surface area contributed by atoms with Crippen molar-refractivity contribution >= 4 is 11.3 Å². The summed E-state index contributed by atoms with van der Waals surface area (Å²) in [5.41, 5.74) is 0.294. The minimum absolute atomic E-state index is 0.370. The second-order valence-electron chi connectivity index (χ2n) is 6.02. The van der Waals surface area contributed by atoms with Gasteiger partial charge in [0.2, 0.25) is 0 Å². The zero-order valence-electron chi connectivity index (χ0n) is 11.9. The van der Waals surface area contributed by atoms with Crippen molar-refractivity contribution < 1.29 is 5.11 Å². The van der Waals surface area contributed by atoms with E-state index in [1.807, 2.05) is 13.8 Å². The highest BCUT2D eigenvalue weighted by Gasteiger charge is 2.27. The van der Waals surface area contributed by atoms with Gasteiger partial charge in [-0.05, 0) is 45.7 Å². The van der Waals surface area contributed by atoms with Crippen LogP contribution >= 0.6 is 11.3 Å². The Morgan fingerprint density at radius 2 is 1.94 bits per heavy atom. The Hall–Kier alpha value is -0.450. The van der Waals surface area contributed by atoms with E-state index in [2.05, 4.69) is 18.7 Å². The van der Waals surface area contributed by atoms with Crippen LogP contribution in [0.25, 0.3) is 0 Å². The maximum Gasteiger partial charge on any atom is 0.107 e. The molecule has 1 aromatic rings. The molecule has 3 nitrogen and oxygen atoms in total. The molecule has 18 heavy (non-hydrogen) atoms. The van der Waals surface area contributed by atoms with Crippen LogP contribution in [0.1, 0.15) is 62.0 Å². The Kier molecular flexibility index (Phi) is 4.09. The van der Waals surface area contributed by atoms with Crippen LogP contribution < -0.4 is 0 Å². The van der Waals surface area contributed by atoms with Crippen molar-refractivity contribution in [2.75, 3.05) is 13.1 Å². The predicted molar refractivity (Wildman–Crippen MR) is 76.0 cm³/mol. The molecule has 0 radical (unpaired) electrons. The lowest BCUT2D eigenvalue weighted by atomic mass is 10.0. The molecule has 4 heteroatoms. The summed E-state index contributed by atoms with van der Waals surface area (Å²) in [6, 6.07) is 0. The number of aliphatic hydroxyl groups is 1. The van der Waals surface area contributed by atoms with Gasteiger partial charge < -0.3 is 5.11 Å². The Balaban J connectivity index is 2.21. The molecule has 1 saturated heterocycles. The summed E-state index contributed by atoms with van der Waals surface area (Å²) in [7, 11) is 0. The van der Waals surface area contributed by atoms with Crippen molar-refractivity contribution in [3.05, 3.63) is 15.6 Å². The van der Waals surface area contributed by atoms with E-state index in [0.717, 1.165) is 22.1 Å². The first kappa shape index (κ1) is 14.0. The summed E-state index contributed by atoms with van der Waals surface area (Å²) in [4.78, 5) is 8.25. The molecule has 0 bridgehead atoms. The minimum Gasteiger partial charge on any atom is -0.385 e. The monoisotopic (exact) mass is 268 g/mol. The molecule has 0 saturated carbocycles. The lowest BCUT2D eigenvalue weighted by Crippen LogP contribution is -2.18. The van der Waals surface area contributed by atoms with Crippen molar-refractivity contribution in [2.24, 2.45) is 0 Å². The molecule has 2 heterocycles. The zero-order chi connectivity index (χ0) is 13.3. The van der Waals surface area contributed by atoms with Crippen LogP contribution in [-0.4, -0.2) is 28.1 Å². The lowest BCUT2D eigenvalue weighted by Gasteiger charge is -2.17. The smallest absolute Gasteiger partial charge is 0.107 e. The van der Waals surface area contributed by atoms with Gasteiger partial charge in [0, 0.05) is 0 Å². The van der Waals surface area contributed by atoms with Gasteiger partial charge in [0.15, 0.2) is 0 Å². The van der Waals surface area contributed by atoms with Gasteiger partial charge in [-0.25, -0.2) is 4.98 Å². The van der Waals surface area contributed by atoms with Crippen molar-refractivity contribution in [2.45, 2.75) is 58.6 Å². The normalized spacial score (nSPS) is 17.9. The zero-order valence-corrected chi connectivity index (χ0v) is 12.7. The second kappa shape index (κ2) is 5.27. The van der Waals surface area contributed by atoms with Gasteiger partial charge in [0.1, 0.15) is 5.01 Å². The molecule has 102 valence electrons. The Morgan fingerprint density at radius 1 is 1.33 bits per heavy atom. The number of nitrogens with zero attached hydrogens (tertiary/aromatic N) is 2. The molecule has 1 N–H and O–H groups in total. The summed E-state index contributed by atoms with van der Waals surface area (Å²) in [5, 5.41) is 11.4. The fourth-order valence-electron chi connectivity index (χ4n) is 2.41. The molecular weight excluding hydrogens is 244 g/mol. The van der Waals surface area contributed by atoms with Crippen molar-refractivity contribution in [3.63, 3.8) is 0 Å². The summed E-state index contributed by atoms with van der Waals surface area (Å²) >= 11 is 1.68. The van der Waals surface area contributed by atoms with Crippen LogP contribution in [0.2, 0.25) is 0 Å². The van der Waals surface area contributed by atoms with Gasteiger partial charge in [-0.15, -0.1) is 11.3 Å². The first-order valence-corrected chi connectivity index (χ1v) is 7.64. The van der Waals surface area contributed by atoms with Crippen LogP contribution in [0.3, 0.4) is 0 Å². The number of hydrogen-bond acceptors (Lipinski definition) is 4. The maximum absolute atomic E-state index is 10.2. The summed E-state index contributed by atoms with van der Waals surface area (Å²) < 4.78 is 0. The van der Waals surface area contributed by atoms with Crippen molar-refractivity contribution in [3.8, 4) is 0 Å². The predicted octanol–water partition coefficient (Wildman–Crippen LogP) is 3.09. The van der Waals surface area contributed by atoms with Crippen LogP contribution in [0.15, 0.2) is 0 Å². The van der Waals surface area contributed by atoms with Gasteiger partial charge in [-0.1, -0.05) is 13.8 Å². The van der Waals surface area contributed by atoms with Gasteiger partial charge in [-0.3, -0.25) is 4.90 Å². The topological polar surface area (TPSA) is 36.4 Å². The van der Waals surface area contributed by atoms with Gasteiger partial charge in [0.25, 0.3) is 0 Å². The molecule has 2 rings (SSSR count). The van der Waals surface area contributed by atoms with E-state index >= 15 is 0 Å². The molecule has 1 aliphatic heterocycles. The number of likely N-dealkylation sites (tertiary alicyclic amines) is 1. The third-order valence-electron chi connectivity index (χ3n) is 3.36. The van der Waals surface area contributed by atoms with Crippen LogP contribution in [0, 0.1) is 0 Å². The Morgan fingerprint density at radius 3 is 2.39 bits per heavy atom. The van der Waals surface area contributed by atoms with Gasteiger partial charge in [0.05, 0.1) is 22.7 Å². The quantitative estimate of drug-likeness (QED) is 0.911. The molecule has 1 aliphatic rings. The van der Waals surface area contributed by atoms with E-state index in [9.17, 15) is 5.11 Å². The third kappa shape index (κ3) is 3.11. The number of hydrogen-bond donors (Lipinski definition) is 1. The first-order chi connectivity index (χ1) is 8.38. The lowest BCUT2D eigenvalue weighted by molar-refractivity contribution is 0.0811. The SMILES string of the molecule is CC(C)c1nc(CN2CCCC2)sc1C(C)(C)O. The number of aromatic nitrogens is 1. The van der Waals surface area contributed by atoms with Crippen molar-refractivity contribution in [1.29, 1.82) is 0 Å². The summed E-state index contributed by atoms with van der Waals surface area (Å²) in [6.45, 7) is 11.3. The summed E-state index contributed by atoms with van der Waals surface area (Å²) in [5.74, 6) is 0.370. The minimum atomic E-state index is -0.777. The standard InChI is InChI=1S/C14H24N2OS/c1-10(2)12-13(14(3,4)17)18-11(15-12)9-16-7-5-6-8-16/h10,17H,5-9H2,1-4H3. The Labute approximate surface area is 114 Å². The number of thiazole rings is 1. The van der Waals surface area contributed by atoms with E-state index in [0.29, 0.717) is 5.92 Å². The highest BCUT2D eigenvalue weighted by atomic mass is 32.1. The average molecular weight is 268 g/mol. The first-order valence-electron chi connectivity index (χ1n) is 6.82. The van der Waals surface area contributed by atoms with Crippen molar-refractivity contribution in [1.82, 2.24) is 9.88 Å². The summed E-state index contributed by atoms with van der Waals surface area (Å²) in [6.07, 6.45) is 2.61. The highest BCUT2D eigenvalue weighted by molar-refractivity contribution is 7.11. The molecular formula is C14H24N2OS.